The average Bonchev–Trinajstić information content (AvgIpc) is 3.26. The van der Waals surface area contributed by atoms with Crippen LogP contribution in [0.4, 0.5) is 0 Å². The number of carbonyl (C=O) groups is 2. The van der Waals surface area contributed by atoms with Gasteiger partial charge in [0.25, 0.3) is 0 Å². The molecule has 0 spiro atoms. The molecule has 144 valence electrons. The number of rotatable bonds is 3. The summed E-state index contributed by atoms with van der Waals surface area (Å²) < 4.78 is 6.75. The SMILES string of the molecule is CCOC(=O)c1cc2sc(C)nc2[nH]1.Cc1nc2[nH]c(C(=O)O)cc2s1.[Na+].[OH-]. The van der Waals surface area contributed by atoms with Gasteiger partial charge in [-0.1, -0.05) is 0 Å². The van der Waals surface area contributed by atoms with Crippen LogP contribution < -0.4 is 29.6 Å². The number of aromatic amines is 2. The quantitative estimate of drug-likeness (QED) is 0.316. The van der Waals surface area contributed by atoms with Gasteiger partial charge in [-0.2, -0.15) is 0 Å². The Balaban J connectivity index is 0.000000264. The number of aromatic nitrogens is 4. The number of hydrogen-bond acceptors (Lipinski definition) is 8. The first kappa shape index (κ1) is 24.3. The number of esters is 1. The summed E-state index contributed by atoms with van der Waals surface area (Å²) in [6.07, 6.45) is 0. The number of carboxylic acids is 1. The summed E-state index contributed by atoms with van der Waals surface area (Å²) in [5, 5.41) is 10.5. The maximum absolute atomic E-state index is 11.3. The number of H-pyrrole nitrogens is 2. The molecule has 0 atom stereocenters. The van der Waals surface area contributed by atoms with E-state index in [2.05, 4.69) is 19.9 Å². The van der Waals surface area contributed by atoms with Gasteiger partial charge in [-0.05, 0) is 32.9 Å². The molecule has 0 unspecified atom stereocenters. The summed E-state index contributed by atoms with van der Waals surface area (Å²) in [7, 11) is 0. The van der Waals surface area contributed by atoms with Crippen LogP contribution in [0.5, 0.6) is 0 Å². The summed E-state index contributed by atoms with van der Waals surface area (Å²) in [4.78, 5) is 35.8. The molecule has 4 rings (SSSR count). The Hall–Kier alpha value is -1.76. The van der Waals surface area contributed by atoms with Gasteiger partial charge >= 0.3 is 41.5 Å². The van der Waals surface area contributed by atoms with Crippen LogP contribution in [-0.2, 0) is 4.74 Å². The van der Waals surface area contributed by atoms with Gasteiger partial charge < -0.3 is 25.3 Å². The van der Waals surface area contributed by atoms with Crippen molar-refractivity contribution in [3.63, 3.8) is 0 Å². The molecular weight excluding hydrogens is 415 g/mol. The zero-order valence-electron chi connectivity index (χ0n) is 15.7. The molecule has 0 aromatic carbocycles. The molecule has 12 heteroatoms. The summed E-state index contributed by atoms with van der Waals surface area (Å²) >= 11 is 3.04. The molecule has 0 amide bonds. The second-order valence-electron chi connectivity index (χ2n) is 5.28. The topological polar surface area (TPSA) is 151 Å². The van der Waals surface area contributed by atoms with E-state index in [1.807, 2.05) is 13.8 Å². The van der Waals surface area contributed by atoms with E-state index in [4.69, 9.17) is 9.84 Å². The Morgan fingerprint density at radius 1 is 1.04 bits per heavy atom. The minimum atomic E-state index is -0.946. The number of hydrogen-bond donors (Lipinski definition) is 3. The van der Waals surface area contributed by atoms with E-state index in [1.54, 1.807) is 30.4 Å². The second-order valence-corrected chi connectivity index (χ2v) is 7.75. The van der Waals surface area contributed by atoms with Crippen LogP contribution in [0, 0.1) is 13.8 Å². The smallest absolute Gasteiger partial charge is 0.870 e. The number of carboxylic acid groups (broad SMARTS) is 1. The number of carbonyl (C=O) groups excluding carboxylic acids is 1. The summed E-state index contributed by atoms with van der Waals surface area (Å²) in [5.74, 6) is -1.27. The van der Waals surface area contributed by atoms with Crippen LogP contribution in [0.25, 0.3) is 20.7 Å². The Morgan fingerprint density at radius 2 is 1.50 bits per heavy atom. The van der Waals surface area contributed by atoms with Crippen molar-refractivity contribution in [1.82, 2.24) is 19.9 Å². The van der Waals surface area contributed by atoms with Crippen molar-refractivity contribution in [2.24, 2.45) is 0 Å². The summed E-state index contributed by atoms with van der Waals surface area (Å²) in [5.41, 5.74) is 2.09. The van der Waals surface area contributed by atoms with Gasteiger partial charge in [0, 0.05) is 0 Å². The predicted molar refractivity (Wildman–Crippen MR) is 102 cm³/mol. The number of thiazole rings is 2. The van der Waals surface area contributed by atoms with E-state index in [0.717, 1.165) is 25.1 Å². The third-order valence-corrected chi connectivity index (χ3v) is 5.14. The van der Waals surface area contributed by atoms with Crippen LogP contribution in [0.15, 0.2) is 12.1 Å². The number of nitrogens with zero attached hydrogens (tertiary/aromatic N) is 2. The van der Waals surface area contributed by atoms with Crippen LogP contribution in [0.3, 0.4) is 0 Å². The summed E-state index contributed by atoms with van der Waals surface area (Å²) in [6, 6.07) is 3.38. The number of ether oxygens (including phenoxy) is 1. The van der Waals surface area contributed by atoms with E-state index < -0.39 is 5.97 Å². The molecule has 0 saturated carbocycles. The fourth-order valence-corrected chi connectivity index (χ4v) is 3.93. The van der Waals surface area contributed by atoms with Crippen LogP contribution in [-0.4, -0.2) is 49.1 Å². The Kier molecular flexibility index (Phi) is 8.79. The fourth-order valence-electron chi connectivity index (χ4n) is 2.28. The Morgan fingerprint density at radius 3 is 1.93 bits per heavy atom. The van der Waals surface area contributed by atoms with Crippen molar-refractivity contribution in [2.45, 2.75) is 20.8 Å². The minimum Gasteiger partial charge on any atom is -0.870 e. The molecule has 0 aliphatic heterocycles. The van der Waals surface area contributed by atoms with Crippen molar-refractivity contribution in [1.29, 1.82) is 0 Å². The molecule has 4 N–H and O–H groups in total. The van der Waals surface area contributed by atoms with Gasteiger partial charge in [-0.25, -0.2) is 19.6 Å². The van der Waals surface area contributed by atoms with E-state index in [-0.39, 0.29) is 46.7 Å². The molecule has 0 aliphatic carbocycles. The monoisotopic (exact) mass is 432 g/mol. The Labute approximate surface area is 189 Å². The number of nitrogens with one attached hydrogen (secondary N) is 2. The zero-order chi connectivity index (χ0) is 18.8. The molecule has 9 nitrogen and oxygen atoms in total. The normalized spacial score (nSPS) is 9.96. The van der Waals surface area contributed by atoms with Crippen molar-refractivity contribution in [3.05, 3.63) is 33.5 Å². The number of fused-ring (bicyclic) bond motifs is 2. The molecular formula is C16H17N4NaO5S2. The maximum Gasteiger partial charge on any atom is 1.00 e. The molecule has 28 heavy (non-hydrogen) atoms. The zero-order valence-corrected chi connectivity index (χ0v) is 19.3. The Bertz CT molecular complexity index is 1030. The molecule has 0 aliphatic rings. The predicted octanol–water partition coefficient (Wildman–Crippen LogP) is 0.568. The van der Waals surface area contributed by atoms with Crippen molar-refractivity contribution in [3.8, 4) is 0 Å². The average molecular weight is 432 g/mol. The third kappa shape index (κ3) is 5.40. The molecule has 4 aromatic rings. The molecule has 0 radical (unpaired) electrons. The van der Waals surface area contributed by atoms with E-state index >= 15 is 0 Å². The van der Waals surface area contributed by atoms with Gasteiger partial charge in [0.1, 0.15) is 22.7 Å². The first-order chi connectivity index (χ1) is 12.4. The van der Waals surface area contributed by atoms with E-state index in [0.29, 0.717) is 17.9 Å². The maximum atomic E-state index is 11.3. The van der Waals surface area contributed by atoms with Crippen LogP contribution in [0.1, 0.15) is 37.9 Å². The minimum absolute atomic E-state index is 0. The van der Waals surface area contributed by atoms with Crippen LogP contribution in [0.2, 0.25) is 0 Å². The molecule has 0 bridgehead atoms. The summed E-state index contributed by atoms with van der Waals surface area (Å²) in [6.45, 7) is 5.99. The van der Waals surface area contributed by atoms with Gasteiger partial charge in [0.05, 0.1) is 26.0 Å². The van der Waals surface area contributed by atoms with E-state index in [1.165, 1.54) is 11.3 Å². The molecule has 4 aromatic heterocycles. The van der Waals surface area contributed by atoms with Gasteiger partial charge in [0.15, 0.2) is 0 Å². The second kappa shape index (κ2) is 10.1. The first-order valence-electron chi connectivity index (χ1n) is 7.70. The standard InChI is InChI=1S/C9H10N2O2S.C7H6N2O2S.Na.H2O/c1-3-13-9(12)6-4-7-8(11-6)10-5(2)14-7;1-3-8-6-5(12-3)2-4(9-6)7(10)11;;/h4,11H,3H2,1-2H3;2,9H,1H3,(H,10,11);;1H2/q;;+1;/p-1. The number of aromatic carboxylic acids is 1. The van der Waals surface area contributed by atoms with Crippen LogP contribution >= 0.6 is 22.7 Å². The molecule has 4 heterocycles. The molecule has 0 fully saturated rings. The van der Waals surface area contributed by atoms with Gasteiger partial charge in [-0.15, -0.1) is 22.7 Å². The van der Waals surface area contributed by atoms with Crippen molar-refractivity contribution < 1.29 is 54.5 Å². The van der Waals surface area contributed by atoms with Crippen molar-refractivity contribution in [2.75, 3.05) is 6.61 Å². The van der Waals surface area contributed by atoms with Gasteiger partial charge in [-0.3, -0.25) is 0 Å². The fraction of sp³-hybridized carbons (Fsp3) is 0.250. The van der Waals surface area contributed by atoms with E-state index in [9.17, 15) is 9.59 Å². The number of aryl methyl sites for hydroxylation is 2. The van der Waals surface area contributed by atoms with Crippen molar-refractivity contribution >= 4 is 55.3 Å². The first-order valence-corrected chi connectivity index (χ1v) is 9.33. The molecule has 0 saturated heterocycles. The van der Waals surface area contributed by atoms with Gasteiger partial charge in [0.2, 0.25) is 0 Å². The largest absolute Gasteiger partial charge is 1.00 e. The third-order valence-electron chi connectivity index (χ3n) is 3.30.